The second kappa shape index (κ2) is 9.68. The van der Waals surface area contributed by atoms with E-state index >= 15 is 0 Å². The van der Waals surface area contributed by atoms with Gasteiger partial charge in [-0.1, -0.05) is 31.2 Å². The van der Waals surface area contributed by atoms with Crippen molar-refractivity contribution >= 4 is 23.1 Å². The van der Waals surface area contributed by atoms with Crippen molar-refractivity contribution in [2.45, 2.75) is 44.4 Å². The number of carbonyl (C=O) groups excluding carboxylic acids is 2. The molecule has 4 aromatic rings. The van der Waals surface area contributed by atoms with Crippen LogP contribution in [0.2, 0.25) is 0 Å². The molecule has 10 heteroatoms. The normalized spacial score (nSPS) is 17.3. The molecule has 0 saturated heterocycles. The summed E-state index contributed by atoms with van der Waals surface area (Å²) in [5, 5.41) is 2.64. The number of alkyl halides is 3. The van der Waals surface area contributed by atoms with E-state index < -0.39 is 29.6 Å². The molecule has 2 unspecified atom stereocenters. The van der Waals surface area contributed by atoms with Crippen LogP contribution in [-0.4, -0.2) is 31.1 Å². The van der Waals surface area contributed by atoms with Gasteiger partial charge in [0.2, 0.25) is 0 Å². The van der Waals surface area contributed by atoms with Gasteiger partial charge in [-0.15, -0.1) is 0 Å². The van der Waals surface area contributed by atoms with Crippen LogP contribution in [0.1, 0.15) is 54.1 Å². The van der Waals surface area contributed by atoms with Crippen LogP contribution < -0.4 is 5.32 Å². The first-order valence-electron chi connectivity index (χ1n) is 11.9. The number of amides is 2. The SMILES string of the molecule is CC1CCC(N(Cc2ccc(C(F)(F)F)cn2)C(=O)C(=O)Nc2ccn3ccnc3c2)c2ccccc21. The fourth-order valence-corrected chi connectivity index (χ4v) is 4.79. The first-order valence-corrected chi connectivity index (χ1v) is 11.9. The maximum absolute atomic E-state index is 13.6. The average Bonchev–Trinajstić information content (AvgIpc) is 3.35. The lowest BCUT2D eigenvalue weighted by Crippen LogP contribution is -2.43. The number of halogens is 3. The van der Waals surface area contributed by atoms with E-state index in [1.165, 1.54) is 11.0 Å². The molecule has 0 saturated carbocycles. The van der Waals surface area contributed by atoms with Crippen LogP contribution >= 0.6 is 0 Å². The fourth-order valence-electron chi connectivity index (χ4n) is 4.79. The zero-order valence-electron chi connectivity index (χ0n) is 19.9. The molecule has 5 rings (SSSR count). The predicted molar refractivity (Wildman–Crippen MR) is 130 cm³/mol. The molecule has 37 heavy (non-hydrogen) atoms. The second-order valence-corrected chi connectivity index (χ2v) is 9.15. The monoisotopic (exact) mass is 507 g/mol. The molecule has 1 aliphatic carbocycles. The zero-order valence-corrected chi connectivity index (χ0v) is 19.9. The number of benzene rings is 1. The number of imidazole rings is 1. The van der Waals surface area contributed by atoms with Crippen molar-refractivity contribution in [2.75, 3.05) is 5.32 Å². The first kappa shape index (κ1) is 24.5. The van der Waals surface area contributed by atoms with E-state index in [-0.39, 0.29) is 18.2 Å². The summed E-state index contributed by atoms with van der Waals surface area (Å²) in [6.07, 6.45) is 2.72. The zero-order chi connectivity index (χ0) is 26.2. The molecule has 2 atom stereocenters. The summed E-state index contributed by atoms with van der Waals surface area (Å²) >= 11 is 0. The van der Waals surface area contributed by atoms with Crippen molar-refractivity contribution in [2.24, 2.45) is 0 Å². The van der Waals surface area contributed by atoms with Crippen LogP contribution in [0, 0.1) is 0 Å². The van der Waals surface area contributed by atoms with Gasteiger partial charge in [0.15, 0.2) is 0 Å². The second-order valence-electron chi connectivity index (χ2n) is 9.15. The van der Waals surface area contributed by atoms with Gasteiger partial charge >= 0.3 is 18.0 Å². The number of nitrogens with one attached hydrogen (secondary N) is 1. The molecule has 0 spiro atoms. The Kier molecular flexibility index (Phi) is 6.41. The van der Waals surface area contributed by atoms with Gasteiger partial charge in [0.1, 0.15) is 5.65 Å². The number of rotatable bonds is 4. The highest BCUT2D eigenvalue weighted by Crippen LogP contribution is 2.41. The number of fused-ring (bicyclic) bond motifs is 2. The third-order valence-corrected chi connectivity index (χ3v) is 6.73. The number of hydrogen-bond donors (Lipinski definition) is 1. The molecular weight excluding hydrogens is 483 g/mol. The smallest absolute Gasteiger partial charge is 0.321 e. The third-order valence-electron chi connectivity index (χ3n) is 6.73. The molecule has 0 radical (unpaired) electrons. The van der Waals surface area contributed by atoms with Crippen LogP contribution in [-0.2, 0) is 22.3 Å². The molecule has 0 fully saturated rings. The summed E-state index contributed by atoms with van der Waals surface area (Å²) in [6, 6.07) is 12.8. The third kappa shape index (κ3) is 5.04. The highest BCUT2D eigenvalue weighted by molar-refractivity contribution is 6.39. The van der Waals surface area contributed by atoms with Gasteiger partial charge < -0.3 is 14.6 Å². The van der Waals surface area contributed by atoms with Crippen molar-refractivity contribution in [1.29, 1.82) is 0 Å². The number of carbonyl (C=O) groups is 2. The first-order chi connectivity index (χ1) is 17.7. The summed E-state index contributed by atoms with van der Waals surface area (Å²) in [4.78, 5) is 36.2. The van der Waals surface area contributed by atoms with E-state index in [0.717, 1.165) is 29.8 Å². The van der Waals surface area contributed by atoms with Gasteiger partial charge in [0.25, 0.3) is 0 Å². The average molecular weight is 508 g/mol. The molecule has 1 aromatic carbocycles. The van der Waals surface area contributed by atoms with Crippen LogP contribution in [0.3, 0.4) is 0 Å². The Morgan fingerprint density at radius 1 is 1.05 bits per heavy atom. The topological polar surface area (TPSA) is 79.6 Å². The largest absolute Gasteiger partial charge is 0.417 e. The lowest BCUT2D eigenvalue weighted by molar-refractivity contribution is -0.145. The van der Waals surface area contributed by atoms with Gasteiger partial charge in [0.05, 0.1) is 23.8 Å². The molecule has 0 bridgehead atoms. The summed E-state index contributed by atoms with van der Waals surface area (Å²) < 4.78 is 40.9. The highest BCUT2D eigenvalue weighted by atomic mass is 19.4. The Hall–Kier alpha value is -4.21. The summed E-state index contributed by atoms with van der Waals surface area (Å²) in [5.41, 5.74) is 2.39. The van der Waals surface area contributed by atoms with E-state index in [9.17, 15) is 22.8 Å². The van der Waals surface area contributed by atoms with Crippen LogP contribution in [0.25, 0.3) is 5.65 Å². The van der Waals surface area contributed by atoms with Gasteiger partial charge in [-0.25, -0.2) is 4.98 Å². The molecule has 3 heterocycles. The molecule has 1 aliphatic rings. The summed E-state index contributed by atoms with van der Waals surface area (Å²) in [6.45, 7) is 1.99. The maximum Gasteiger partial charge on any atom is 0.417 e. The van der Waals surface area contributed by atoms with Gasteiger partial charge in [-0.05, 0) is 48.1 Å². The van der Waals surface area contributed by atoms with E-state index in [1.807, 2.05) is 24.3 Å². The molecule has 3 aromatic heterocycles. The molecular formula is C27H24F3N5O2. The van der Waals surface area contributed by atoms with E-state index in [0.29, 0.717) is 17.8 Å². The van der Waals surface area contributed by atoms with E-state index in [2.05, 4.69) is 22.2 Å². The standard InChI is InChI=1S/C27H24F3N5O2/c1-17-6-9-23(22-5-3-2-4-21(17)22)35(16-20-8-7-18(15-32-20)27(28,29)30)26(37)25(36)33-19-10-12-34-13-11-31-24(34)14-19/h2-5,7-8,10-15,17,23H,6,9,16H2,1H3,(H,33,36). The minimum atomic E-state index is -4.52. The van der Waals surface area contributed by atoms with E-state index in [4.69, 9.17) is 0 Å². The van der Waals surface area contributed by atoms with Crippen LogP contribution in [0.5, 0.6) is 0 Å². The number of aromatic nitrogens is 3. The van der Waals surface area contributed by atoms with Crippen LogP contribution in [0.4, 0.5) is 18.9 Å². The lowest BCUT2D eigenvalue weighted by atomic mass is 9.80. The Labute approximate surface area is 211 Å². The predicted octanol–water partition coefficient (Wildman–Crippen LogP) is 5.35. The molecule has 0 aliphatic heterocycles. The van der Waals surface area contributed by atoms with Crippen LogP contribution in [0.15, 0.2) is 73.3 Å². The molecule has 1 N–H and O–H groups in total. The van der Waals surface area contributed by atoms with Gasteiger partial charge in [0, 0.05) is 36.5 Å². The molecule has 2 amide bonds. The minimum absolute atomic E-state index is 0.114. The minimum Gasteiger partial charge on any atom is -0.321 e. The molecule has 7 nitrogen and oxygen atoms in total. The fraction of sp³-hybridized carbons (Fsp3) is 0.259. The van der Waals surface area contributed by atoms with Gasteiger partial charge in [-0.2, -0.15) is 13.2 Å². The van der Waals surface area contributed by atoms with Crippen molar-refractivity contribution in [3.8, 4) is 0 Å². The number of hydrogen-bond acceptors (Lipinski definition) is 4. The summed E-state index contributed by atoms with van der Waals surface area (Å²) in [5.74, 6) is -1.36. The van der Waals surface area contributed by atoms with Crippen molar-refractivity contribution in [3.63, 3.8) is 0 Å². The Balaban J connectivity index is 1.45. The summed E-state index contributed by atoms with van der Waals surface area (Å²) in [7, 11) is 0. The van der Waals surface area contributed by atoms with Crippen molar-refractivity contribution in [1.82, 2.24) is 19.3 Å². The Bertz CT molecular complexity index is 1450. The number of pyridine rings is 2. The highest BCUT2D eigenvalue weighted by Gasteiger charge is 2.35. The van der Waals surface area contributed by atoms with Crippen molar-refractivity contribution < 1.29 is 22.8 Å². The lowest BCUT2D eigenvalue weighted by Gasteiger charge is -2.37. The quantitative estimate of drug-likeness (QED) is 0.378. The van der Waals surface area contributed by atoms with E-state index in [1.54, 1.807) is 35.1 Å². The maximum atomic E-state index is 13.6. The Morgan fingerprint density at radius 3 is 2.57 bits per heavy atom. The number of nitrogens with zero attached hydrogens (tertiary/aromatic N) is 4. The number of anilines is 1. The molecule has 190 valence electrons. The van der Waals surface area contributed by atoms with Gasteiger partial charge in [-0.3, -0.25) is 14.6 Å². The Morgan fingerprint density at radius 2 is 1.84 bits per heavy atom. The van der Waals surface area contributed by atoms with Crippen molar-refractivity contribution in [3.05, 3.63) is 95.7 Å².